The molecule has 0 aliphatic heterocycles. The van der Waals surface area contributed by atoms with Crippen LogP contribution in [0.1, 0.15) is 97.5 Å². The summed E-state index contributed by atoms with van der Waals surface area (Å²) in [5.41, 5.74) is 20.0. The molecule has 252 valence electrons. The zero-order valence-corrected chi connectivity index (χ0v) is 31.0. The second kappa shape index (κ2) is 13.0. The third kappa shape index (κ3) is 6.20. The monoisotopic (exact) mass is 668 g/mol. The first-order valence-electron chi connectivity index (χ1n) is 18.4. The molecule has 0 saturated carbocycles. The van der Waals surface area contributed by atoms with Crippen LogP contribution in [0, 0.1) is 22.7 Å². The van der Waals surface area contributed by atoms with Gasteiger partial charge in [-0.05, 0) is 120 Å². The maximum absolute atomic E-state index is 3.77. The van der Waals surface area contributed by atoms with E-state index in [1.165, 1.54) is 66.4 Å². The van der Waals surface area contributed by atoms with Crippen LogP contribution in [0.4, 0.5) is 0 Å². The molecule has 8 rings (SSSR count). The van der Waals surface area contributed by atoms with E-state index in [9.17, 15) is 0 Å². The van der Waals surface area contributed by atoms with E-state index >= 15 is 0 Å². The molecular weight excluding hydrogens is 625 g/mol. The third-order valence-corrected chi connectivity index (χ3v) is 10.4. The van der Waals surface area contributed by atoms with Gasteiger partial charge in [0, 0.05) is 22.6 Å². The summed E-state index contributed by atoms with van der Waals surface area (Å²) in [6.07, 6.45) is 4.58. The molecule has 0 heterocycles. The molecule has 0 fully saturated rings. The Morgan fingerprint density at radius 2 is 1.25 bits per heavy atom. The van der Waals surface area contributed by atoms with Crippen LogP contribution in [-0.2, 0) is 0 Å². The fraction of sp³-hybridized carbons (Fsp3) is 0.173. The Kier molecular flexibility index (Phi) is 8.35. The summed E-state index contributed by atoms with van der Waals surface area (Å²) >= 11 is 0. The predicted octanol–water partition coefficient (Wildman–Crippen LogP) is 13.5. The van der Waals surface area contributed by atoms with Crippen LogP contribution in [0.25, 0.3) is 39.6 Å². The lowest BCUT2D eigenvalue weighted by Gasteiger charge is -2.40. The third-order valence-electron chi connectivity index (χ3n) is 10.4. The van der Waals surface area contributed by atoms with Gasteiger partial charge in [0.2, 0.25) is 0 Å². The summed E-state index contributed by atoms with van der Waals surface area (Å²) in [4.78, 5) is 0. The Morgan fingerprint density at radius 1 is 0.615 bits per heavy atom. The summed E-state index contributed by atoms with van der Waals surface area (Å²) in [5, 5.41) is 2.55. The van der Waals surface area contributed by atoms with Gasteiger partial charge in [0.25, 0.3) is 0 Å². The second-order valence-electron chi connectivity index (χ2n) is 16.2. The van der Waals surface area contributed by atoms with E-state index in [2.05, 4.69) is 180 Å². The Morgan fingerprint density at radius 3 is 1.94 bits per heavy atom. The van der Waals surface area contributed by atoms with Gasteiger partial charge in [-0.3, -0.25) is 0 Å². The van der Waals surface area contributed by atoms with Crippen molar-refractivity contribution in [2.24, 2.45) is 10.8 Å². The predicted molar refractivity (Wildman–Crippen MR) is 223 cm³/mol. The van der Waals surface area contributed by atoms with Crippen molar-refractivity contribution in [2.45, 2.75) is 47.5 Å². The van der Waals surface area contributed by atoms with Crippen LogP contribution in [0.2, 0.25) is 0 Å². The SMILES string of the molecule is CC(C)(C)C(=C=Cc1ccc(C#Cc2ccccc2)cc1)c1ccc2ccc3c(c2c1)C(c1ccccc1)=C1C(=Cc2ccccc21)C3C(C)(C)C. The smallest absolute Gasteiger partial charge is 0.0249 e. The molecule has 0 N–H and O–H groups in total. The summed E-state index contributed by atoms with van der Waals surface area (Å²) in [6.45, 7) is 14.0. The number of fused-ring (bicyclic) bond motifs is 6. The van der Waals surface area contributed by atoms with E-state index in [1.54, 1.807) is 0 Å². The Hall–Kier alpha value is -5.86. The van der Waals surface area contributed by atoms with Crippen LogP contribution in [0.3, 0.4) is 0 Å². The van der Waals surface area contributed by atoms with Crippen molar-refractivity contribution in [3.05, 3.63) is 201 Å². The van der Waals surface area contributed by atoms with Gasteiger partial charge in [0.05, 0.1) is 0 Å². The lowest BCUT2D eigenvalue weighted by atomic mass is 9.63. The van der Waals surface area contributed by atoms with Gasteiger partial charge in [-0.2, -0.15) is 0 Å². The van der Waals surface area contributed by atoms with E-state index in [-0.39, 0.29) is 16.7 Å². The molecule has 0 spiro atoms. The van der Waals surface area contributed by atoms with Crippen LogP contribution in [-0.4, -0.2) is 0 Å². The van der Waals surface area contributed by atoms with Crippen molar-refractivity contribution < 1.29 is 0 Å². The minimum atomic E-state index is -0.130. The van der Waals surface area contributed by atoms with Gasteiger partial charge in [0.1, 0.15) is 0 Å². The fourth-order valence-electron chi connectivity index (χ4n) is 8.10. The van der Waals surface area contributed by atoms with Gasteiger partial charge in [-0.25, -0.2) is 0 Å². The molecule has 52 heavy (non-hydrogen) atoms. The molecule has 0 nitrogen and oxygen atoms in total. The first kappa shape index (κ1) is 33.3. The lowest BCUT2D eigenvalue weighted by Crippen LogP contribution is -2.25. The number of hydrogen-bond donors (Lipinski definition) is 0. The maximum Gasteiger partial charge on any atom is 0.0249 e. The van der Waals surface area contributed by atoms with Crippen LogP contribution in [0.5, 0.6) is 0 Å². The quantitative estimate of drug-likeness (QED) is 0.130. The van der Waals surface area contributed by atoms with Crippen molar-refractivity contribution in [1.82, 2.24) is 0 Å². The van der Waals surface area contributed by atoms with Gasteiger partial charge >= 0.3 is 0 Å². The highest BCUT2D eigenvalue weighted by molar-refractivity contribution is 6.17. The average Bonchev–Trinajstić information content (AvgIpc) is 3.52. The first-order chi connectivity index (χ1) is 25.1. The van der Waals surface area contributed by atoms with Crippen molar-refractivity contribution in [2.75, 3.05) is 0 Å². The van der Waals surface area contributed by atoms with E-state index in [0.717, 1.165) is 16.7 Å². The molecular formula is C52H44. The van der Waals surface area contributed by atoms with Crippen LogP contribution in [0.15, 0.2) is 151 Å². The van der Waals surface area contributed by atoms with E-state index in [0.29, 0.717) is 0 Å². The molecule has 0 heteroatoms. The van der Waals surface area contributed by atoms with Gasteiger partial charge in [0.15, 0.2) is 0 Å². The number of benzene rings is 6. The number of rotatable bonds is 3. The fourth-order valence-corrected chi connectivity index (χ4v) is 8.10. The molecule has 1 unspecified atom stereocenters. The number of allylic oxidation sites excluding steroid dienone is 3. The summed E-state index contributed by atoms with van der Waals surface area (Å²) in [5.74, 6) is 6.81. The Labute approximate surface area is 309 Å². The summed E-state index contributed by atoms with van der Waals surface area (Å²) < 4.78 is 0. The van der Waals surface area contributed by atoms with E-state index < -0.39 is 0 Å². The maximum atomic E-state index is 3.77. The standard InChI is InChI=1S/C52H44/c1-51(2,3)46(32-27-37-25-23-36(24-26-37)22-21-35-15-9-7-10-16-35)41-29-28-38-30-31-43-49(44(38)34-41)47(39-17-11-8-12-18-39)48-42-20-14-13-19-40(42)33-45(48)50(43)52(4,5)6/h7-20,23-31,33-34,50H,1-6H3. The molecule has 0 radical (unpaired) electrons. The molecule has 6 aromatic rings. The topological polar surface area (TPSA) is 0 Å². The van der Waals surface area contributed by atoms with Crippen LogP contribution < -0.4 is 0 Å². The highest BCUT2D eigenvalue weighted by atomic mass is 14.4. The largest absolute Gasteiger partial charge is 0.116 e. The molecule has 1 atom stereocenters. The van der Waals surface area contributed by atoms with Crippen molar-refractivity contribution in [3.63, 3.8) is 0 Å². The minimum Gasteiger partial charge on any atom is -0.116 e. The zero-order valence-electron chi connectivity index (χ0n) is 31.0. The normalized spacial score (nSPS) is 14.7. The molecule has 0 aromatic heterocycles. The van der Waals surface area contributed by atoms with Crippen molar-refractivity contribution in [3.8, 4) is 11.8 Å². The van der Waals surface area contributed by atoms with Crippen molar-refractivity contribution >= 4 is 39.6 Å². The van der Waals surface area contributed by atoms with Gasteiger partial charge in [-0.1, -0.05) is 163 Å². The summed E-state index contributed by atoms with van der Waals surface area (Å²) in [7, 11) is 0. The van der Waals surface area contributed by atoms with Crippen molar-refractivity contribution in [1.29, 1.82) is 0 Å². The molecule has 6 aromatic carbocycles. The van der Waals surface area contributed by atoms with E-state index in [4.69, 9.17) is 0 Å². The zero-order chi connectivity index (χ0) is 36.0. The second-order valence-corrected chi connectivity index (χ2v) is 16.2. The lowest BCUT2D eigenvalue weighted by molar-refractivity contribution is 0.359. The first-order valence-corrected chi connectivity index (χ1v) is 18.4. The van der Waals surface area contributed by atoms with Gasteiger partial charge < -0.3 is 0 Å². The molecule has 0 saturated heterocycles. The molecule has 0 bridgehead atoms. The molecule has 0 amide bonds. The molecule has 2 aliphatic carbocycles. The average molecular weight is 669 g/mol. The minimum absolute atomic E-state index is 0.0171. The summed E-state index contributed by atoms with van der Waals surface area (Å²) in [6, 6.07) is 50.3. The Balaban J connectivity index is 1.31. The highest BCUT2D eigenvalue weighted by Crippen LogP contribution is 2.59. The van der Waals surface area contributed by atoms with E-state index in [1.807, 2.05) is 30.3 Å². The van der Waals surface area contributed by atoms with Crippen LogP contribution >= 0.6 is 0 Å². The Bertz CT molecular complexity index is 2520. The van der Waals surface area contributed by atoms with Gasteiger partial charge in [-0.15, -0.1) is 5.73 Å². The number of hydrogen-bond acceptors (Lipinski definition) is 0. The highest BCUT2D eigenvalue weighted by Gasteiger charge is 2.41. The molecule has 2 aliphatic rings.